The topological polar surface area (TPSA) is 66.4 Å². The van der Waals surface area contributed by atoms with Gasteiger partial charge in [-0.2, -0.15) is 0 Å². The second-order valence-electron chi connectivity index (χ2n) is 2.07. The van der Waals surface area contributed by atoms with E-state index in [0.717, 1.165) is 0 Å². The molecule has 0 aromatic carbocycles. The number of hydrogen-bond donors (Lipinski definition) is 2. The lowest BCUT2D eigenvalue weighted by molar-refractivity contribution is -0.141. The van der Waals surface area contributed by atoms with Crippen molar-refractivity contribution in [1.29, 1.82) is 0 Å². The standard InChI is InChI=1S/C6H10BrNO3/c1-4(6(10)11)8-5(9)2-3-7/h4H,2-3H2,1H3,(H,8,9)(H,10,11)/t4-/m0/s1. The van der Waals surface area contributed by atoms with E-state index in [0.29, 0.717) is 11.8 Å². The van der Waals surface area contributed by atoms with E-state index in [2.05, 4.69) is 21.2 Å². The van der Waals surface area contributed by atoms with Crippen molar-refractivity contribution in [2.75, 3.05) is 5.33 Å². The van der Waals surface area contributed by atoms with Gasteiger partial charge < -0.3 is 10.4 Å². The Morgan fingerprint density at radius 2 is 2.18 bits per heavy atom. The van der Waals surface area contributed by atoms with Crippen molar-refractivity contribution >= 4 is 27.8 Å². The highest BCUT2D eigenvalue weighted by Gasteiger charge is 2.12. The van der Waals surface area contributed by atoms with E-state index in [4.69, 9.17) is 5.11 Å². The highest BCUT2D eigenvalue weighted by Crippen LogP contribution is 1.89. The minimum atomic E-state index is -1.02. The number of aliphatic carboxylic acids is 1. The Labute approximate surface area is 73.1 Å². The van der Waals surface area contributed by atoms with Crippen LogP contribution in [-0.2, 0) is 9.59 Å². The molecule has 11 heavy (non-hydrogen) atoms. The highest BCUT2D eigenvalue weighted by atomic mass is 79.9. The third-order valence-electron chi connectivity index (χ3n) is 1.07. The zero-order valence-corrected chi connectivity index (χ0v) is 7.72. The summed E-state index contributed by atoms with van der Waals surface area (Å²) in [6.45, 7) is 1.43. The lowest BCUT2D eigenvalue weighted by Crippen LogP contribution is -2.38. The molecule has 5 heteroatoms. The Morgan fingerprint density at radius 3 is 2.55 bits per heavy atom. The summed E-state index contributed by atoms with van der Waals surface area (Å²) in [6, 6.07) is -0.804. The van der Waals surface area contributed by atoms with Crippen LogP contribution in [0.3, 0.4) is 0 Å². The average molecular weight is 224 g/mol. The third-order valence-corrected chi connectivity index (χ3v) is 1.47. The molecule has 0 saturated heterocycles. The maximum Gasteiger partial charge on any atom is 0.325 e. The number of carboxylic acid groups (broad SMARTS) is 1. The fraction of sp³-hybridized carbons (Fsp3) is 0.667. The summed E-state index contributed by atoms with van der Waals surface area (Å²) in [5, 5.41) is 11.2. The van der Waals surface area contributed by atoms with Crippen molar-refractivity contribution in [2.45, 2.75) is 19.4 Å². The molecule has 0 fully saturated rings. The Bertz CT molecular complexity index is 160. The van der Waals surface area contributed by atoms with Crippen LogP contribution in [0.25, 0.3) is 0 Å². The van der Waals surface area contributed by atoms with Crippen LogP contribution in [0.15, 0.2) is 0 Å². The van der Waals surface area contributed by atoms with Gasteiger partial charge in [0.25, 0.3) is 0 Å². The lowest BCUT2D eigenvalue weighted by atomic mass is 10.3. The number of carboxylic acids is 1. The lowest BCUT2D eigenvalue weighted by Gasteiger charge is -2.07. The molecule has 1 amide bonds. The predicted octanol–water partition coefficient (Wildman–Crippen LogP) is 0.361. The monoisotopic (exact) mass is 223 g/mol. The molecule has 0 aliphatic rings. The number of nitrogens with one attached hydrogen (secondary N) is 1. The Balaban J connectivity index is 3.66. The fourth-order valence-corrected chi connectivity index (χ4v) is 0.821. The molecule has 0 heterocycles. The summed E-state index contributed by atoms with van der Waals surface area (Å²) in [5.74, 6) is -1.27. The van der Waals surface area contributed by atoms with E-state index in [1.165, 1.54) is 6.92 Å². The van der Waals surface area contributed by atoms with Gasteiger partial charge >= 0.3 is 5.97 Å². The molecule has 0 aromatic rings. The molecule has 0 bridgehead atoms. The van der Waals surface area contributed by atoms with Crippen molar-refractivity contribution < 1.29 is 14.7 Å². The molecule has 0 radical (unpaired) electrons. The van der Waals surface area contributed by atoms with Gasteiger partial charge in [-0.05, 0) is 6.92 Å². The molecule has 4 nitrogen and oxygen atoms in total. The van der Waals surface area contributed by atoms with Crippen LogP contribution in [0.1, 0.15) is 13.3 Å². The van der Waals surface area contributed by atoms with Crippen molar-refractivity contribution in [3.05, 3.63) is 0 Å². The summed E-state index contributed by atoms with van der Waals surface area (Å²) < 4.78 is 0. The van der Waals surface area contributed by atoms with Gasteiger partial charge in [0.2, 0.25) is 5.91 Å². The van der Waals surface area contributed by atoms with E-state index in [1.807, 2.05) is 0 Å². The first-order valence-electron chi connectivity index (χ1n) is 3.16. The normalized spacial score (nSPS) is 12.2. The number of carbonyl (C=O) groups is 2. The van der Waals surface area contributed by atoms with Gasteiger partial charge in [-0.1, -0.05) is 15.9 Å². The van der Waals surface area contributed by atoms with Crippen LogP contribution in [0.4, 0.5) is 0 Å². The van der Waals surface area contributed by atoms with Crippen LogP contribution < -0.4 is 5.32 Å². The molecule has 0 rings (SSSR count). The van der Waals surface area contributed by atoms with Gasteiger partial charge in [0.1, 0.15) is 6.04 Å². The van der Waals surface area contributed by atoms with E-state index >= 15 is 0 Å². The molecule has 0 saturated carbocycles. The molecular formula is C6H10BrNO3. The highest BCUT2D eigenvalue weighted by molar-refractivity contribution is 9.09. The fourth-order valence-electron chi connectivity index (χ4n) is 0.461. The van der Waals surface area contributed by atoms with Crippen LogP contribution in [0.5, 0.6) is 0 Å². The number of amides is 1. The number of hydrogen-bond acceptors (Lipinski definition) is 2. The second-order valence-corrected chi connectivity index (χ2v) is 2.86. The van der Waals surface area contributed by atoms with Crippen molar-refractivity contribution in [3.8, 4) is 0 Å². The summed E-state index contributed by atoms with van der Waals surface area (Å²) >= 11 is 3.07. The predicted molar refractivity (Wildman–Crippen MR) is 43.7 cm³/mol. The summed E-state index contributed by atoms with van der Waals surface area (Å²) in [6.07, 6.45) is 0.303. The van der Waals surface area contributed by atoms with E-state index in [-0.39, 0.29) is 5.91 Å². The summed E-state index contributed by atoms with van der Waals surface area (Å²) in [5.41, 5.74) is 0. The number of rotatable bonds is 4. The Hall–Kier alpha value is -0.580. The van der Waals surface area contributed by atoms with Crippen LogP contribution in [-0.4, -0.2) is 28.4 Å². The minimum Gasteiger partial charge on any atom is -0.480 e. The van der Waals surface area contributed by atoms with Crippen LogP contribution in [0, 0.1) is 0 Å². The molecule has 0 unspecified atom stereocenters. The third kappa shape index (κ3) is 4.78. The maximum atomic E-state index is 10.8. The largest absolute Gasteiger partial charge is 0.480 e. The Kier molecular flexibility index (Phi) is 4.85. The maximum absolute atomic E-state index is 10.8. The number of halogens is 1. The quantitative estimate of drug-likeness (QED) is 0.677. The number of carbonyl (C=O) groups excluding carboxylic acids is 1. The van der Waals surface area contributed by atoms with Crippen LogP contribution in [0.2, 0.25) is 0 Å². The molecule has 0 aliphatic heterocycles. The summed E-state index contributed by atoms with van der Waals surface area (Å²) in [7, 11) is 0. The van der Waals surface area contributed by atoms with E-state index < -0.39 is 12.0 Å². The molecule has 1 atom stereocenters. The first-order chi connectivity index (χ1) is 5.07. The SMILES string of the molecule is C[C@H](NC(=O)CCBr)C(=O)O. The molecule has 64 valence electrons. The zero-order valence-electron chi connectivity index (χ0n) is 6.13. The van der Waals surface area contributed by atoms with Gasteiger partial charge in [-0.3, -0.25) is 9.59 Å². The van der Waals surface area contributed by atoms with Gasteiger partial charge in [-0.15, -0.1) is 0 Å². The van der Waals surface area contributed by atoms with Crippen LogP contribution >= 0.6 is 15.9 Å². The number of alkyl halides is 1. The summed E-state index contributed by atoms with van der Waals surface area (Å²) in [4.78, 5) is 21.0. The van der Waals surface area contributed by atoms with Gasteiger partial charge in [0.05, 0.1) is 0 Å². The van der Waals surface area contributed by atoms with Gasteiger partial charge in [0.15, 0.2) is 0 Å². The van der Waals surface area contributed by atoms with Gasteiger partial charge in [-0.25, -0.2) is 0 Å². The van der Waals surface area contributed by atoms with E-state index in [9.17, 15) is 9.59 Å². The van der Waals surface area contributed by atoms with Crippen molar-refractivity contribution in [2.24, 2.45) is 0 Å². The molecule has 0 aromatic heterocycles. The van der Waals surface area contributed by atoms with E-state index in [1.54, 1.807) is 0 Å². The van der Waals surface area contributed by atoms with Crippen molar-refractivity contribution in [3.63, 3.8) is 0 Å². The second kappa shape index (κ2) is 5.12. The smallest absolute Gasteiger partial charge is 0.325 e. The first kappa shape index (κ1) is 10.4. The zero-order chi connectivity index (χ0) is 8.85. The molecule has 0 aliphatic carbocycles. The molecular weight excluding hydrogens is 214 g/mol. The average Bonchev–Trinajstić information content (AvgIpc) is 1.87. The first-order valence-corrected chi connectivity index (χ1v) is 4.28. The molecule has 2 N–H and O–H groups in total. The van der Waals surface area contributed by atoms with Crippen molar-refractivity contribution in [1.82, 2.24) is 5.32 Å². The van der Waals surface area contributed by atoms with Gasteiger partial charge in [0, 0.05) is 11.8 Å². The molecule has 0 spiro atoms. The Morgan fingerprint density at radius 1 is 1.64 bits per heavy atom. The minimum absolute atomic E-state index is 0.253.